The summed E-state index contributed by atoms with van der Waals surface area (Å²) in [5, 5.41) is 12.4. The van der Waals surface area contributed by atoms with Gasteiger partial charge in [0.2, 0.25) is 11.7 Å². The molecule has 0 bridgehead atoms. The molecular weight excluding hydrogens is 210 g/mol. The molecule has 6 nitrogen and oxygen atoms in total. The van der Waals surface area contributed by atoms with Gasteiger partial charge in [0.1, 0.15) is 0 Å². The monoisotopic (exact) mass is 219 g/mol. The molecule has 1 heterocycles. The number of carbonyl (C=O) groups is 1. The van der Waals surface area contributed by atoms with Gasteiger partial charge in [-0.3, -0.25) is 0 Å². The zero-order valence-electron chi connectivity index (χ0n) is 8.25. The van der Waals surface area contributed by atoms with Crippen molar-refractivity contribution in [2.75, 3.05) is 0 Å². The summed E-state index contributed by atoms with van der Waals surface area (Å²) >= 11 is 0. The number of carboxylic acid groups (broad SMARTS) is 1. The van der Waals surface area contributed by atoms with E-state index in [0.717, 1.165) is 0 Å². The molecule has 1 aromatic heterocycles. The molecule has 1 aromatic carbocycles. The lowest BCUT2D eigenvalue weighted by Gasteiger charge is -1.95. The predicted molar refractivity (Wildman–Crippen MR) is 54.6 cm³/mol. The van der Waals surface area contributed by atoms with Gasteiger partial charge in [0.15, 0.2) is 0 Å². The molecule has 0 radical (unpaired) electrons. The number of aromatic nitrogens is 2. The van der Waals surface area contributed by atoms with Crippen LogP contribution in [0, 0.1) is 0 Å². The van der Waals surface area contributed by atoms with Crippen LogP contribution in [0.4, 0.5) is 0 Å². The molecule has 0 spiro atoms. The number of carboxylic acids is 1. The molecule has 6 heteroatoms. The molecule has 0 fully saturated rings. The van der Waals surface area contributed by atoms with Crippen molar-refractivity contribution in [2.24, 2.45) is 5.73 Å². The maximum atomic E-state index is 10.6. The van der Waals surface area contributed by atoms with Gasteiger partial charge in [0.25, 0.3) is 0 Å². The molecule has 3 N–H and O–H groups in total. The van der Waals surface area contributed by atoms with Crippen LogP contribution in [0.15, 0.2) is 28.8 Å². The van der Waals surface area contributed by atoms with Crippen molar-refractivity contribution in [3.63, 3.8) is 0 Å². The Morgan fingerprint density at radius 2 is 2.06 bits per heavy atom. The van der Waals surface area contributed by atoms with E-state index in [1.54, 1.807) is 12.1 Å². The number of nitrogens with zero attached hydrogens (tertiary/aromatic N) is 2. The molecule has 2 aromatic rings. The Hall–Kier alpha value is -2.21. The number of hydrogen-bond acceptors (Lipinski definition) is 5. The van der Waals surface area contributed by atoms with Crippen molar-refractivity contribution in [1.82, 2.24) is 10.1 Å². The second-order valence-corrected chi connectivity index (χ2v) is 3.10. The Labute approximate surface area is 90.7 Å². The predicted octanol–water partition coefficient (Wildman–Crippen LogP) is 0.893. The molecule has 16 heavy (non-hydrogen) atoms. The minimum atomic E-state index is -0.970. The van der Waals surface area contributed by atoms with Crippen molar-refractivity contribution >= 4 is 5.97 Å². The SMILES string of the molecule is NCc1nc(-c2ccc(C(=O)O)cc2)no1. The molecule has 0 saturated heterocycles. The van der Waals surface area contributed by atoms with Gasteiger partial charge in [0.05, 0.1) is 12.1 Å². The third-order valence-electron chi connectivity index (χ3n) is 2.03. The van der Waals surface area contributed by atoms with Crippen molar-refractivity contribution in [3.05, 3.63) is 35.7 Å². The van der Waals surface area contributed by atoms with E-state index in [-0.39, 0.29) is 12.1 Å². The maximum Gasteiger partial charge on any atom is 0.335 e. The van der Waals surface area contributed by atoms with Crippen LogP contribution in [0.2, 0.25) is 0 Å². The summed E-state index contributed by atoms with van der Waals surface area (Å²) in [5.41, 5.74) is 6.23. The van der Waals surface area contributed by atoms with Crippen LogP contribution in [0.5, 0.6) is 0 Å². The number of benzene rings is 1. The van der Waals surface area contributed by atoms with E-state index < -0.39 is 5.97 Å². The fraction of sp³-hybridized carbons (Fsp3) is 0.100. The van der Waals surface area contributed by atoms with Crippen molar-refractivity contribution in [3.8, 4) is 11.4 Å². The highest BCUT2D eigenvalue weighted by Gasteiger charge is 2.08. The molecule has 0 unspecified atom stereocenters. The fourth-order valence-electron chi connectivity index (χ4n) is 1.22. The smallest absolute Gasteiger partial charge is 0.335 e. The first-order valence-electron chi connectivity index (χ1n) is 4.57. The van der Waals surface area contributed by atoms with Gasteiger partial charge >= 0.3 is 5.97 Å². The Morgan fingerprint density at radius 3 is 2.56 bits per heavy atom. The van der Waals surface area contributed by atoms with Gasteiger partial charge in [0, 0.05) is 5.56 Å². The highest BCUT2D eigenvalue weighted by atomic mass is 16.5. The van der Waals surface area contributed by atoms with Gasteiger partial charge in [-0.1, -0.05) is 17.3 Å². The summed E-state index contributed by atoms with van der Waals surface area (Å²) in [6.07, 6.45) is 0. The van der Waals surface area contributed by atoms with Crippen LogP contribution in [0.1, 0.15) is 16.2 Å². The molecule has 0 amide bonds. The quantitative estimate of drug-likeness (QED) is 0.794. The summed E-state index contributed by atoms with van der Waals surface area (Å²) < 4.78 is 4.84. The summed E-state index contributed by atoms with van der Waals surface area (Å²) in [6, 6.07) is 6.20. The number of hydrogen-bond donors (Lipinski definition) is 2. The molecule has 0 atom stereocenters. The molecule has 0 saturated carbocycles. The fourth-order valence-corrected chi connectivity index (χ4v) is 1.22. The van der Waals surface area contributed by atoms with Gasteiger partial charge < -0.3 is 15.4 Å². The van der Waals surface area contributed by atoms with Crippen LogP contribution >= 0.6 is 0 Å². The average Bonchev–Trinajstić information content (AvgIpc) is 2.77. The number of nitrogens with two attached hydrogens (primary N) is 1. The maximum absolute atomic E-state index is 10.6. The lowest BCUT2D eigenvalue weighted by molar-refractivity contribution is 0.0697. The van der Waals surface area contributed by atoms with E-state index in [1.165, 1.54) is 12.1 Å². The summed E-state index contributed by atoms with van der Waals surface area (Å²) in [7, 11) is 0. The Balaban J connectivity index is 2.30. The number of aromatic carboxylic acids is 1. The van der Waals surface area contributed by atoms with Crippen LogP contribution in [0.3, 0.4) is 0 Å². The third-order valence-corrected chi connectivity index (χ3v) is 2.03. The number of rotatable bonds is 3. The normalized spacial score (nSPS) is 10.3. The van der Waals surface area contributed by atoms with E-state index in [0.29, 0.717) is 17.3 Å². The molecule has 82 valence electrons. The zero-order valence-corrected chi connectivity index (χ0v) is 8.25. The van der Waals surface area contributed by atoms with Gasteiger partial charge in [-0.15, -0.1) is 0 Å². The van der Waals surface area contributed by atoms with Crippen LogP contribution < -0.4 is 5.73 Å². The first kappa shape index (κ1) is 10.3. The van der Waals surface area contributed by atoms with E-state index in [1.807, 2.05) is 0 Å². The van der Waals surface area contributed by atoms with Crippen molar-refractivity contribution in [2.45, 2.75) is 6.54 Å². The van der Waals surface area contributed by atoms with E-state index in [2.05, 4.69) is 10.1 Å². The highest BCUT2D eigenvalue weighted by molar-refractivity contribution is 5.88. The Bertz CT molecular complexity index is 504. The summed E-state index contributed by atoms with van der Waals surface area (Å²) in [6.45, 7) is 0.181. The summed E-state index contributed by atoms with van der Waals surface area (Å²) in [5.74, 6) is -0.225. The molecular formula is C10H9N3O3. The van der Waals surface area contributed by atoms with Crippen molar-refractivity contribution in [1.29, 1.82) is 0 Å². The minimum Gasteiger partial charge on any atom is -0.478 e. The van der Waals surface area contributed by atoms with Crippen LogP contribution in [-0.2, 0) is 6.54 Å². The van der Waals surface area contributed by atoms with Crippen molar-refractivity contribution < 1.29 is 14.4 Å². The molecule has 0 aliphatic carbocycles. The van der Waals surface area contributed by atoms with E-state index >= 15 is 0 Å². The standard InChI is InChI=1S/C10H9N3O3/c11-5-8-12-9(13-16-8)6-1-3-7(4-2-6)10(14)15/h1-4H,5,11H2,(H,14,15). The first-order valence-corrected chi connectivity index (χ1v) is 4.57. The third kappa shape index (κ3) is 1.91. The first-order chi connectivity index (χ1) is 7.70. The Morgan fingerprint density at radius 1 is 1.38 bits per heavy atom. The second-order valence-electron chi connectivity index (χ2n) is 3.10. The molecule has 0 aliphatic heterocycles. The lowest BCUT2D eigenvalue weighted by atomic mass is 10.1. The highest BCUT2D eigenvalue weighted by Crippen LogP contribution is 2.16. The zero-order chi connectivity index (χ0) is 11.5. The second kappa shape index (κ2) is 4.11. The van der Waals surface area contributed by atoms with Gasteiger partial charge in [-0.05, 0) is 12.1 Å². The Kier molecular flexibility index (Phi) is 2.65. The minimum absolute atomic E-state index is 0.181. The lowest BCUT2D eigenvalue weighted by Crippen LogP contribution is -1.96. The van der Waals surface area contributed by atoms with Gasteiger partial charge in [-0.2, -0.15) is 4.98 Å². The van der Waals surface area contributed by atoms with Crippen LogP contribution in [0.25, 0.3) is 11.4 Å². The molecule has 0 aliphatic rings. The average molecular weight is 219 g/mol. The molecule has 2 rings (SSSR count). The van der Waals surface area contributed by atoms with E-state index in [9.17, 15) is 4.79 Å². The summed E-state index contributed by atoms with van der Waals surface area (Å²) in [4.78, 5) is 14.7. The largest absolute Gasteiger partial charge is 0.478 e. The van der Waals surface area contributed by atoms with E-state index in [4.69, 9.17) is 15.4 Å². The van der Waals surface area contributed by atoms with Gasteiger partial charge in [-0.25, -0.2) is 4.79 Å². The van der Waals surface area contributed by atoms with Crippen LogP contribution in [-0.4, -0.2) is 21.2 Å². The topological polar surface area (TPSA) is 102 Å².